The first-order valence-electron chi connectivity index (χ1n) is 6.38. The Labute approximate surface area is 102 Å². The van der Waals surface area contributed by atoms with E-state index in [2.05, 4.69) is 17.1 Å². The largest absolute Gasteiger partial charge is 0.341 e. The molecule has 2 aliphatic rings. The third-order valence-electron chi connectivity index (χ3n) is 3.46. The SMILES string of the molecule is CC1CN(C(=O)CCC2CCCN2)CCS1. The Hall–Kier alpha value is -0.220. The van der Waals surface area contributed by atoms with Gasteiger partial charge in [-0.2, -0.15) is 11.8 Å². The Balaban J connectivity index is 1.70. The Morgan fingerprint density at radius 1 is 1.56 bits per heavy atom. The fraction of sp³-hybridized carbons (Fsp3) is 0.917. The number of nitrogens with one attached hydrogen (secondary N) is 1. The summed E-state index contributed by atoms with van der Waals surface area (Å²) in [7, 11) is 0. The number of thioether (sulfide) groups is 1. The van der Waals surface area contributed by atoms with Gasteiger partial charge in [0.25, 0.3) is 0 Å². The lowest BCUT2D eigenvalue weighted by molar-refractivity contribution is -0.131. The molecule has 2 atom stereocenters. The minimum atomic E-state index is 0.362. The molecule has 2 saturated heterocycles. The number of amides is 1. The monoisotopic (exact) mass is 242 g/mol. The standard InChI is InChI=1S/C12H22N2OS/c1-10-9-14(7-8-16-10)12(15)5-4-11-3-2-6-13-11/h10-11,13H,2-9H2,1H3. The van der Waals surface area contributed by atoms with E-state index in [-0.39, 0.29) is 0 Å². The molecular formula is C12H22N2OS. The van der Waals surface area contributed by atoms with Gasteiger partial charge in [0.1, 0.15) is 0 Å². The van der Waals surface area contributed by atoms with Crippen LogP contribution in [0.1, 0.15) is 32.6 Å². The highest BCUT2D eigenvalue weighted by Gasteiger charge is 2.22. The van der Waals surface area contributed by atoms with Crippen LogP contribution in [-0.2, 0) is 4.79 Å². The fourth-order valence-electron chi connectivity index (χ4n) is 2.50. The summed E-state index contributed by atoms with van der Waals surface area (Å²) in [6, 6.07) is 0.598. The van der Waals surface area contributed by atoms with Gasteiger partial charge in [-0.3, -0.25) is 4.79 Å². The Kier molecular flexibility index (Phi) is 4.53. The first kappa shape index (κ1) is 12.2. The number of carbonyl (C=O) groups excluding carboxylic acids is 1. The summed E-state index contributed by atoms with van der Waals surface area (Å²) in [5, 5.41) is 4.06. The first-order chi connectivity index (χ1) is 7.75. The van der Waals surface area contributed by atoms with Crippen molar-refractivity contribution in [2.24, 2.45) is 0 Å². The average Bonchev–Trinajstić information content (AvgIpc) is 2.78. The second-order valence-electron chi connectivity index (χ2n) is 4.85. The third-order valence-corrected chi connectivity index (χ3v) is 4.60. The maximum Gasteiger partial charge on any atom is 0.222 e. The first-order valence-corrected chi connectivity index (χ1v) is 7.43. The van der Waals surface area contributed by atoms with Crippen molar-refractivity contribution in [1.82, 2.24) is 10.2 Å². The van der Waals surface area contributed by atoms with Crippen molar-refractivity contribution < 1.29 is 4.79 Å². The lowest BCUT2D eigenvalue weighted by atomic mass is 10.1. The van der Waals surface area contributed by atoms with Crippen LogP contribution in [0.25, 0.3) is 0 Å². The van der Waals surface area contributed by atoms with E-state index in [1.807, 2.05) is 11.8 Å². The van der Waals surface area contributed by atoms with E-state index in [1.165, 1.54) is 12.8 Å². The maximum atomic E-state index is 12.0. The number of nitrogens with zero attached hydrogens (tertiary/aromatic N) is 1. The van der Waals surface area contributed by atoms with E-state index in [9.17, 15) is 4.79 Å². The van der Waals surface area contributed by atoms with Crippen LogP contribution in [0.5, 0.6) is 0 Å². The number of rotatable bonds is 3. The molecule has 0 aromatic heterocycles. The van der Waals surface area contributed by atoms with Crippen LogP contribution >= 0.6 is 11.8 Å². The van der Waals surface area contributed by atoms with Crippen molar-refractivity contribution in [3.05, 3.63) is 0 Å². The summed E-state index contributed by atoms with van der Waals surface area (Å²) in [5.74, 6) is 1.47. The second kappa shape index (κ2) is 5.92. The average molecular weight is 242 g/mol. The van der Waals surface area contributed by atoms with Crippen LogP contribution < -0.4 is 5.32 Å². The van der Waals surface area contributed by atoms with E-state index < -0.39 is 0 Å². The minimum absolute atomic E-state index is 0.362. The molecule has 0 aromatic carbocycles. The van der Waals surface area contributed by atoms with Crippen LogP contribution in [0.15, 0.2) is 0 Å². The Bertz CT molecular complexity index is 241. The highest BCUT2D eigenvalue weighted by atomic mass is 32.2. The molecule has 0 saturated carbocycles. The zero-order valence-corrected chi connectivity index (χ0v) is 10.9. The smallest absolute Gasteiger partial charge is 0.222 e. The molecule has 2 rings (SSSR count). The number of carbonyl (C=O) groups is 1. The molecular weight excluding hydrogens is 220 g/mol. The van der Waals surface area contributed by atoms with Gasteiger partial charge in [0, 0.05) is 36.6 Å². The van der Waals surface area contributed by atoms with Crippen molar-refractivity contribution in [3.63, 3.8) is 0 Å². The van der Waals surface area contributed by atoms with Crippen molar-refractivity contribution in [3.8, 4) is 0 Å². The van der Waals surface area contributed by atoms with Gasteiger partial charge in [0.15, 0.2) is 0 Å². The maximum absolute atomic E-state index is 12.0. The molecule has 0 radical (unpaired) electrons. The molecule has 16 heavy (non-hydrogen) atoms. The molecule has 0 aliphatic carbocycles. The van der Waals surface area contributed by atoms with Gasteiger partial charge in [-0.05, 0) is 25.8 Å². The Morgan fingerprint density at radius 2 is 2.44 bits per heavy atom. The number of hydrogen-bond acceptors (Lipinski definition) is 3. The molecule has 92 valence electrons. The van der Waals surface area contributed by atoms with Crippen LogP contribution in [0, 0.1) is 0 Å². The summed E-state index contributed by atoms with van der Waals surface area (Å²) < 4.78 is 0. The normalized spacial score (nSPS) is 30.7. The summed E-state index contributed by atoms with van der Waals surface area (Å²) in [6.07, 6.45) is 4.28. The van der Waals surface area contributed by atoms with Crippen molar-refractivity contribution >= 4 is 17.7 Å². The van der Waals surface area contributed by atoms with Gasteiger partial charge in [-0.15, -0.1) is 0 Å². The second-order valence-corrected chi connectivity index (χ2v) is 6.40. The van der Waals surface area contributed by atoms with Gasteiger partial charge in [0.2, 0.25) is 5.91 Å². The summed E-state index contributed by atoms with van der Waals surface area (Å²) in [5.41, 5.74) is 0. The Morgan fingerprint density at radius 3 is 3.12 bits per heavy atom. The van der Waals surface area contributed by atoms with Gasteiger partial charge >= 0.3 is 0 Å². The molecule has 2 aliphatic heterocycles. The minimum Gasteiger partial charge on any atom is -0.341 e. The molecule has 4 heteroatoms. The van der Waals surface area contributed by atoms with Crippen LogP contribution in [0.3, 0.4) is 0 Å². The predicted molar refractivity (Wildman–Crippen MR) is 68.8 cm³/mol. The van der Waals surface area contributed by atoms with Gasteiger partial charge in [-0.25, -0.2) is 0 Å². The molecule has 0 bridgehead atoms. The van der Waals surface area contributed by atoms with Gasteiger partial charge < -0.3 is 10.2 Å². The molecule has 1 amide bonds. The molecule has 0 aromatic rings. The summed E-state index contributed by atoms with van der Waals surface area (Å²) >= 11 is 1.98. The van der Waals surface area contributed by atoms with Crippen molar-refractivity contribution in [2.75, 3.05) is 25.4 Å². The highest BCUT2D eigenvalue weighted by Crippen LogP contribution is 2.19. The fourth-order valence-corrected chi connectivity index (χ4v) is 3.52. The molecule has 3 nitrogen and oxygen atoms in total. The van der Waals surface area contributed by atoms with E-state index in [0.717, 1.165) is 38.2 Å². The van der Waals surface area contributed by atoms with E-state index in [4.69, 9.17) is 0 Å². The zero-order chi connectivity index (χ0) is 11.4. The molecule has 2 heterocycles. The lowest BCUT2D eigenvalue weighted by Crippen LogP contribution is -2.41. The number of hydrogen-bond donors (Lipinski definition) is 1. The summed E-state index contributed by atoms with van der Waals surface area (Å²) in [4.78, 5) is 14.0. The zero-order valence-electron chi connectivity index (χ0n) is 10.1. The van der Waals surface area contributed by atoms with E-state index >= 15 is 0 Å². The van der Waals surface area contributed by atoms with Crippen molar-refractivity contribution in [2.45, 2.75) is 43.9 Å². The molecule has 0 spiro atoms. The van der Waals surface area contributed by atoms with Crippen molar-refractivity contribution in [1.29, 1.82) is 0 Å². The molecule has 1 N–H and O–H groups in total. The molecule has 2 fully saturated rings. The summed E-state index contributed by atoms with van der Waals surface area (Å²) in [6.45, 7) is 5.24. The van der Waals surface area contributed by atoms with Gasteiger partial charge in [-0.1, -0.05) is 6.92 Å². The topological polar surface area (TPSA) is 32.3 Å². The quantitative estimate of drug-likeness (QED) is 0.813. The van der Waals surface area contributed by atoms with Crippen LogP contribution in [-0.4, -0.2) is 47.5 Å². The van der Waals surface area contributed by atoms with Crippen LogP contribution in [0.2, 0.25) is 0 Å². The van der Waals surface area contributed by atoms with E-state index in [1.54, 1.807) is 0 Å². The van der Waals surface area contributed by atoms with E-state index in [0.29, 0.717) is 17.2 Å². The van der Waals surface area contributed by atoms with Gasteiger partial charge in [0.05, 0.1) is 0 Å². The van der Waals surface area contributed by atoms with Crippen LogP contribution in [0.4, 0.5) is 0 Å². The molecule has 2 unspecified atom stereocenters. The third kappa shape index (κ3) is 3.39. The lowest BCUT2D eigenvalue weighted by Gasteiger charge is -2.31. The highest BCUT2D eigenvalue weighted by molar-refractivity contribution is 7.99. The predicted octanol–water partition coefficient (Wildman–Crippen LogP) is 1.48.